The molecule has 1 amide bonds. The minimum absolute atomic E-state index is 0.0695. The van der Waals surface area contributed by atoms with Crippen molar-refractivity contribution in [2.24, 2.45) is 0 Å². The first-order valence-corrected chi connectivity index (χ1v) is 6.36. The van der Waals surface area contributed by atoms with Crippen molar-refractivity contribution in [1.29, 1.82) is 0 Å². The van der Waals surface area contributed by atoms with Crippen LogP contribution >= 0.6 is 0 Å². The van der Waals surface area contributed by atoms with Crippen LogP contribution in [0.2, 0.25) is 0 Å². The lowest BCUT2D eigenvalue weighted by Crippen LogP contribution is -2.13. The SMILES string of the molecule is O=C(Nc1cnn(-c2ccccc2F)c1)c1ccc(F)cn1. The van der Waals surface area contributed by atoms with E-state index in [-0.39, 0.29) is 11.4 Å². The molecule has 7 heteroatoms. The monoisotopic (exact) mass is 300 g/mol. The summed E-state index contributed by atoms with van der Waals surface area (Å²) in [5.74, 6) is -1.46. The second-order valence-corrected chi connectivity index (χ2v) is 4.44. The summed E-state index contributed by atoms with van der Waals surface area (Å²) in [6, 6.07) is 8.55. The Balaban J connectivity index is 1.78. The molecule has 110 valence electrons. The van der Waals surface area contributed by atoms with Crippen LogP contribution in [0.5, 0.6) is 0 Å². The number of benzene rings is 1. The predicted molar refractivity (Wildman–Crippen MR) is 75.7 cm³/mol. The molecular formula is C15H10F2N4O. The number of hydrogen-bond donors (Lipinski definition) is 1. The highest BCUT2D eigenvalue weighted by molar-refractivity contribution is 6.02. The number of amides is 1. The van der Waals surface area contributed by atoms with Gasteiger partial charge in [0, 0.05) is 0 Å². The van der Waals surface area contributed by atoms with Crippen molar-refractivity contribution in [3.05, 3.63) is 72.3 Å². The topological polar surface area (TPSA) is 59.8 Å². The third-order valence-electron chi connectivity index (χ3n) is 2.90. The summed E-state index contributed by atoms with van der Waals surface area (Å²) in [4.78, 5) is 15.6. The summed E-state index contributed by atoms with van der Waals surface area (Å²) >= 11 is 0. The summed E-state index contributed by atoms with van der Waals surface area (Å²) in [6.45, 7) is 0. The molecule has 1 N–H and O–H groups in total. The first kappa shape index (κ1) is 13.9. The van der Waals surface area contributed by atoms with Gasteiger partial charge in [0.1, 0.15) is 23.0 Å². The van der Waals surface area contributed by atoms with Crippen molar-refractivity contribution < 1.29 is 13.6 Å². The van der Waals surface area contributed by atoms with Gasteiger partial charge in [-0.05, 0) is 24.3 Å². The van der Waals surface area contributed by atoms with E-state index in [1.807, 2.05) is 0 Å². The van der Waals surface area contributed by atoms with E-state index in [4.69, 9.17) is 0 Å². The van der Waals surface area contributed by atoms with Gasteiger partial charge in [-0.3, -0.25) is 4.79 Å². The maximum absolute atomic E-state index is 13.7. The van der Waals surface area contributed by atoms with Crippen molar-refractivity contribution in [2.75, 3.05) is 5.32 Å². The Morgan fingerprint density at radius 3 is 2.64 bits per heavy atom. The van der Waals surface area contributed by atoms with Crippen LogP contribution in [-0.4, -0.2) is 20.7 Å². The van der Waals surface area contributed by atoms with E-state index >= 15 is 0 Å². The number of hydrogen-bond acceptors (Lipinski definition) is 3. The fourth-order valence-electron chi connectivity index (χ4n) is 1.86. The Bertz CT molecular complexity index is 814. The van der Waals surface area contributed by atoms with Gasteiger partial charge in [-0.15, -0.1) is 0 Å². The van der Waals surface area contributed by atoms with Crippen LogP contribution in [0.4, 0.5) is 14.5 Å². The number of nitrogens with zero attached hydrogens (tertiary/aromatic N) is 3. The van der Waals surface area contributed by atoms with Gasteiger partial charge in [0.2, 0.25) is 0 Å². The van der Waals surface area contributed by atoms with E-state index in [9.17, 15) is 13.6 Å². The van der Waals surface area contributed by atoms with Crippen LogP contribution in [0.1, 0.15) is 10.5 Å². The molecule has 0 aliphatic rings. The van der Waals surface area contributed by atoms with Crippen LogP contribution in [0.3, 0.4) is 0 Å². The van der Waals surface area contributed by atoms with E-state index < -0.39 is 17.5 Å². The largest absolute Gasteiger partial charge is 0.318 e. The number of anilines is 1. The molecule has 3 aromatic rings. The van der Waals surface area contributed by atoms with E-state index in [0.717, 1.165) is 12.3 Å². The van der Waals surface area contributed by atoms with Gasteiger partial charge in [-0.1, -0.05) is 12.1 Å². The molecule has 0 saturated carbocycles. The number of carbonyl (C=O) groups is 1. The maximum Gasteiger partial charge on any atom is 0.274 e. The predicted octanol–water partition coefficient (Wildman–Crippen LogP) is 2.80. The lowest BCUT2D eigenvalue weighted by Gasteiger charge is -2.02. The van der Waals surface area contributed by atoms with Crippen LogP contribution in [-0.2, 0) is 0 Å². The first-order valence-electron chi connectivity index (χ1n) is 6.36. The standard InChI is InChI=1S/C15H10F2N4O/c16-10-5-6-13(18-7-10)15(22)20-11-8-19-21(9-11)14-4-2-1-3-12(14)17/h1-9H,(H,20,22). The number of halogens is 2. The van der Waals surface area contributed by atoms with Crippen molar-refractivity contribution in [1.82, 2.24) is 14.8 Å². The van der Waals surface area contributed by atoms with Crippen LogP contribution in [0.25, 0.3) is 5.69 Å². The molecule has 0 radical (unpaired) electrons. The normalized spacial score (nSPS) is 10.5. The summed E-state index contributed by atoms with van der Waals surface area (Å²) in [5, 5.41) is 6.55. The minimum atomic E-state index is -0.524. The first-order chi connectivity index (χ1) is 10.6. The van der Waals surface area contributed by atoms with Gasteiger partial charge in [-0.2, -0.15) is 5.10 Å². The molecule has 0 fully saturated rings. The molecule has 0 spiro atoms. The summed E-state index contributed by atoms with van der Waals surface area (Å²) < 4.78 is 27.7. The van der Waals surface area contributed by atoms with Gasteiger partial charge in [0.25, 0.3) is 5.91 Å². The van der Waals surface area contributed by atoms with Crippen LogP contribution in [0, 0.1) is 11.6 Å². The average molecular weight is 300 g/mol. The zero-order valence-electron chi connectivity index (χ0n) is 11.2. The van der Waals surface area contributed by atoms with Gasteiger partial charge >= 0.3 is 0 Å². The number of para-hydroxylation sites is 1. The van der Waals surface area contributed by atoms with Crippen molar-refractivity contribution in [2.45, 2.75) is 0 Å². The maximum atomic E-state index is 13.7. The lowest BCUT2D eigenvalue weighted by atomic mass is 10.3. The Kier molecular flexibility index (Phi) is 3.61. The van der Waals surface area contributed by atoms with Gasteiger partial charge < -0.3 is 5.32 Å². The van der Waals surface area contributed by atoms with E-state index in [0.29, 0.717) is 5.69 Å². The number of rotatable bonds is 3. The number of carbonyl (C=O) groups excluding carboxylic acids is 1. The molecule has 2 aromatic heterocycles. The molecule has 2 heterocycles. The second-order valence-electron chi connectivity index (χ2n) is 4.44. The molecule has 0 atom stereocenters. The molecule has 0 saturated heterocycles. The molecule has 0 aliphatic heterocycles. The summed E-state index contributed by atoms with van der Waals surface area (Å²) in [5.41, 5.74) is 0.710. The van der Waals surface area contributed by atoms with Gasteiger partial charge in [0.15, 0.2) is 0 Å². The van der Waals surface area contributed by atoms with E-state index in [1.54, 1.807) is 18.2 Å². The molecule has 0 unspecified atom stereocenters. The third-order valence-corrected chi connectivity index (χ3v) is 2.90. The smallest absolute Gasteiger partial charge is 0.274 e. The van der Waals surface area contributed by atoms with Crippen LogP contribution < -0.4 is 5.32 Å². The number of aromatic nitrogens is 3. The summed E-state index contributed by atoms with van der Waals surface area (Å²) in [7, 11) is 0. The molecule has 3 rings (SSSR count). The second kappa shape index (κ2) is 5.72. The van der Waals surface area contributed by atoms with Crippen molar-refractivity contribution in [3.63, 3.8) is 0 Å². The molecular weight excluding hydrogens is 290 g/mol. The molecule has 1 aromatic carbocycles. The van der Waals surface area contributed by atoms with Gasteiger partial charge in [0.05, 0.1) is 24.3 Å². The molecule has 5 nitrogen and oxygen atoms in total. The van der Waals surface area contributed by atoms with Crippen molar-refractivity contribution >= 4 is 11.6 Å². The zero-order valence-corrected chi connectivity index (χ0v) is 11.2. The Morgan fingerprint density at radius 2 is 1.91 bits per heavy atom. The molecule has 0 aliphatic carbocycles. The number of pyridine rings is 1. The van der Waals surface area contributed by atoms with Crippen LogP contribution in [0.15, 0.2) is 55.0 Å². The van der Waals surface area contributed by atoms with Crippen molar-refractivity contribution in [3.8, 4) is 5.69 Å². The van der Waals surface area contributed by atoms with Gasteiger partial charge in [-0.25, -0.2) is 18.4 Å². The van der Waals surface area contributed by atoms with E-state index in [1.165, 1.54) is 29.2 Å². The molecule has 0 bridgehead atoms. The highest BCUT2D eigenvalue weighted by Gasteiger charge is 2.10. The fourth-order valence-corrected chi connectivity index (χ4v) is 1.86. The Hall–Kier alpha value is -3.09. The summed E-state index contributed by atoms with van der Waals surface area (Å²) in [6.07, 6.45) is 3.81. The molecule has 22 heavy (non-hydrogen) atoms. The Morgan fingerprint density at radius 1 is 1.09 bits per heavy atom. The lowest BCUT2D eigenvalue weighted by molar-refractivity contribution is 0.102. The Labute approximate surface area is 124 Å². The quantitative estimate of drug-likeness (QED) is 0.809. The number of nitrogens with one attached hydrogen (secondary N) is 1. The zero-order chi connectivity index (χ0) is 15.5. The highest BCUT2D eigenvalue weighted by atomic mass is 19.1. The van der Waals surface area contributed by atoms with E-state index in [2.05, 4.69) is 15.4 Å². The third kappa shape index (κ3) is 2.83. The fraction of sp³-hybridized carbons (Fsp3) is 0. The average Bonchev–Trinajstić information content (AvgIpc) is 2.96. The minimum Gasteiger partial charge on any atom is -0.318 e. The highest BCUT2D eigenvalue weighted by Crippen LogP contribution is 2.15.